The Morgan fingerprint density at radius 3 is 2.50 bits per heavy atom. The fraction of sp³-hybridized carbons (Fsp3) is 0.833. The van der Waals surface area contributed by atoms with E-state index in [9.17, 15) is 8.42 Å². The topological polar surface area (TPSA) is 98.0 Å². The van der Waals surface area contributed by atoms with Crippen LogP contribution in [0, 0.1) is 11.3 Å². The van der Waals surface area contributed by atoms with Crippen LogP contribution in [0.25, 0.3) is 0 Å². The normalized spacial score (nSPS) is 18.8. The number of rotatable bonds is 6. The van der Waals surface area contributed by atoms with Gasteiger partial charge >= 0.3 is 0 Å². The van der Waals surface area contributed by atoms with E-state index in [2.05, 4.69) is 28.8 Å². The van der Waals surface area contributed by atoms with Gasteiger partial charge in [0, 0.05) is 6.54 Å². The molecule has 0 aliphatic heterocycles. The lowest BCUT2D eigenvalue weighted by molar-refractivity contribution is 0.236. The zero-order valence-electron chi connectivity index (χ0n) is 11.9. The van der Waals surface area contributed by atoms with E-state index in [1.807, 2.05) is 0 Å². The van der Waals surface area contributed by atoms with Gasteiger partial charge in [0.1, 0.15) is 0 Å². The number of nitrogens with one attached hydrogen (secondary N) is 1. The molecule has 1 heterocycles. The molecule has 0 aromatic carbocycles. The molecular formula is C12H22N4O2S2. The number of anilines is 1. The van der Waals surface area contributed by atoms with Crippen LogP contribution in [-0.4, -0.2) is 25.2 Å². The summed E-state index contributed by atoms with van der Waals surface area (Å²) in [5.41, 5.74) is 5.53. The molecule has 0 bridgehead atoms. The molecule has 6 nitrogen and oxygen atoms in total. The standard InChI is InChI=1S/C12H22N4O2S2/c1-9(2)7-12(5-3-4-6-12)8-14-20(17,18)11-16-15-10(13)19-11/h9,14H,3-8H2,1-2H3,(H2,13,15). The third-order valence-electron chi connectivity index (χ3n) is 3.79. The third-order valence-corrected chi connectivity index (χ3v) is 6.32. The van der Waals surface area contributed by atoms with Gasteiger partial charge in [-0.05, 0) is 30.6 Å². The zero-order chi connectivity index (χ0) is 14.8. The van der Waals surface area contributed by atoms with Crippen LogP contribution in [-0.2, 0) is 10.0 Å². The van der Waals surface area contributed by atoms with Crippen LogP contribution in [0.2, 0.25) is 0 Å². The van der Waals surface area contributed by atoms with Crippen LogP contribution in [0.1, 0.15) is 46.0 Å². The highest BCUT2D eigenvalue weighted by Crippen LogP contribution is 2.42. The maximum atomic E-state index is 12.2. The number of hydrogen-bond acceptors (Lipinski definition) is 6. The van der Waals surface area contributed by atoms with Crippen molar-refractivity contribution in [3.8, 4) is 0 Å². The predicted octanol–water partition coefficient (Wildman–Crippen LogP) is 2.01. The van der Waals surface area contributed by atoms with Crippen LogP contribution in [0.3, 0.4) is 0 Å². The average Bonchev–Trinajstić information content (AvgIpc) is 2.96. The summed E-state index contributed by atoms with van der Waals surface area (Å²) in [6.07, 6.45) is 5.59. The SMILES string of the molecule is CC(C)CC1(CNS(=O)(=O)c2nnc(N)s2)CCCC1. The summed E-state index contributed by atoms with van der Waals surface area (Å²) < 4.78 is 27.0. The van der Waals surface area contributed by atoms with E-state index in [1.54, 1.807) is 0 Å². The molecule has 8 heteroatoms. The van der Waals surface area contributed by atoms with Crippen molar-refractivity contribution in [2.24, 2.45) is 11.3 Å². The number of nitrogens with zero attached hydrogens (tertiary/aromatic N) is 2. The summed E-state index contributed by atoms with van der Waals surface area (Å²) >= 11 is 0.895. The van der Waals surface area contributed by atoms with Gasteiger partial charge in [-0.15, -0.1) is 10.2 Å². The first-order valence-corrected chi connectivity index (χ1v) is 9.22. The summed E-state index contributed by atoms with van der Waals surface area (Å²) in [5, 5.41) is 7.33. The van der Waals surface area contributed by atoms with Crippen molar-refractivity contribution in [1.82, 2.24) is 14.9 Å². The molecule has 0 radical (unpaired) electrons. The van der Waals surface area contributed by atoms with E-state index >= 15 is 0 Å². The maximum absolute atomic E-state index is 12.2. The van der Waals surface area contributed by atoms with Crippen LogP contribution in [0.15, 0.2) is 4.34 Å². The molecule has 1 fully saturated rings. The molecule has 1 aliphatic carbocycles. The van der Waals surface area contributed by atoms with Crippen molar-refractivity contribution in [3.05, 3.63) is 0 Å². The molecule has 114 valence electrons. The summed E-state index contributed by atoms with van der Waals surface area (Å²) in [5.74, 6) is 0.565. The van der Waals surface area contributed by atoms with E-state index in [-0.39, 0.29) is 14.9 Å². The van der Waals surface area contributed by atoms with E-state index in [0.717, 1.165) is 30.6 Å². The molecule has 1 aliphatic rings. The Hall–Kier alpha value is -0.730. The van der Waals surface area contributed by atoms with Gasteiger partial charge in [0.25, 0.3) is 10.0 Å². The smallest absolute Gasteiger partial charge is 0.269 e. The van der Waals surface area contributed by atoms with Gasteiger partial charge in [0.2, 0.25) is 9.47 Å². The Morgan fingerprint density at radius 2 is 2.00 bits per heavy atom. The number of sulfonamides is 1. The third kappa shape index (κ3) is 3.67. The van der Waals surface area contributed by atoms with Gasteiger partial charge in [-0.1, -0.05) is 38.0 Å². The van der Waals surface area contributed by atoms with Crippen LogP contribution >= 0.6 is 11.3 Å². The number of hydrogen-bond donors (Lipinski definition) is 2. The minimum absolute atomic E-state index is 0.0484. The Kier molecular flexibility index (Phi) is 4.66. The Labute approximate surface area is 124 Å². The minimum Gasteiger partial charge on any atom is -0.374 e. The molecule has 1 aromatic rings. The molecule has 0 spiro atoms. The highest BCUT2D eigenvalue weighted by molar-refractivity contribution is 7.91. The Bertz CT molecular complexity index is 548. The van der Waals surface area contributed by atoms with Crippen molar-refractivity contribution < 1.29 is 8.42 Å². The summed E-state index contributed by atoms with van der Waals surface area (Å²) in [6, 6.07) is 0. The highest BCUT2D eigenvalue weighted by atomic mass is 32.2. The Morgan fingerprint density at radius 1 is 1.35 bits per heavy atom. The second kappa shape index (κ2) is 5.95. The number of nitrogens with two attached hydrogens (primary N) is 1. The molecule has 0 amide bonds. The molecule has 0 saturated heterocycles. The van der Waals surface area contributed by atoms with Crippen molar-refractivity contribution >= 4 is 26.5 Å². The van der Waals surface area contributed by atoms with Gasteiger partial charge in [0.15, 0.2) is 0 Å². The highest BCUT2D eigenvalue weighted by Gasteiger charge is 2.36. The van der Waals surface area contributed by atoms with Gasteiger partial charge < -0.3 is 5.73 Å². The quantitative estimate of drug-likeness (QED) is 0.836. The van der Waals surface area contributed by atoms with Crippen LogP contribution < -0.4 is 10.5 Å². The average molecular weight is 318 g/mol. The van der Waals surface area contributed by atoms with Crippen molar-refractivity contribution in [1.29, 1.82) is 0 Å². The lowest BCUT2D eigenvalue weighted by Gasteiger charge is -2.30. The number of nitrogen functional groups attached to an aromatic ring is 1. The van der Waals surface area contributed by atoms with Crippen LogP contribution in [0.5, 0.6) is 0 Å². The summed E-state index contributed by atoms with van der Waals surface area (Å²) in [6.45, 7) is 4.84. The van der Waals surface area contributed by atoms with Gasteiger partial charge in [-0.2, -0.15) is 0 Å². The lowest BCUT2D eigenvalue weighted by Crippen LogP contribution is -2.36. The summed E-state index contributed by atoms with van der Waals surface area (Å²) in [7, 11) is -3.59. The minimum atomic E-state index is -3.59. The van der Waals surface area contributed by atoms with Gasteiger partial charge in [0.05, 0.1) is 0 Å². The molecule has 0 unspecified atom stereocenters. The number of aromatic nitrogens is 2. The van der Waals surface area contributed by atoms with Crippen molar-refractivity contribution in [2.75, 3.05) is 12.3 Å². The first-order valence-electron chi connectivity index (χ1n) is 6.92. The van der Waals surface area contributed by atoms with Crippen LogP contribution in [0.4, 0.5) is 5.13 Å². The molecule has 1 aromatic heterocycles. The second-order valence-corrected chi connectivity index (χ2v) is 8.99. The molecule has 0 atom stereocenters. The fourth-order valence-electron chi connectivity index (χ4n) is 3.08. The fourth-order valence-corrected chi connectivity index (χ4v) is 5.06. The largest absolute Gasteiger partial charge is 0.374 e. The van der Waals surface area contributed by atoms with Crippen molar-refractivity contribution in [3.63, 3.8) is 0 Å². The van der Waals surface area contributed by atoms with E-state index in [0.29, 0.717) is 12.5 Å². The van der Waals surface area contributed by atoms with Gasteiger partial charge in [-0.3, -0.25) is 0 Å². The molecule has 3 N–H and O–H groups in total. The monoisotopic (exact) mass is 318 g/mol. The maximum Gasteiger partial charge on any atom is 0.269 e. The van der Waals surface area contributed by atoms with E-state index < -0.39 is 10.0 Å². The van der Waals surface area contributed by atoms with Gasteiger partial charge in [-0.25, -0.2) is 13.1 Å². The van der Waals surface area contributed by atoms with E-state index in [4.69, 9.17) is 5.73 Å². The molecule has 2 rings (SSSR count). The molecule has 1 saturated carbocycles. The first kappa shape index (κ1) is 15.7. The first-order chi connectivity index (χ1) is 9.33. The Balaban J connectivity index is 2.06. The predicted molar refractivity (Wildman–Crippen MR) is 79.9 cm³/mol. The van der Waals surface area contributed by atoms with E-state index in [1.165, 1.54) is 12.8 Å². The molecular weight excluding hydrogens is 296 g/mol. The summed E-state index contributed by atoms with van der Waals surface area (Å²) in [4.78, 5) is 0. The molecule has 20 heavy (non-hydrogen) atoms. The van der Waals surface area contributed by atoms with Crippen molar-refractivity contribution in [2.45, 2.75) is 50.3 Å². The second-order valence-electron chi connectivity index (χ2n) is 6.04. The lowest BCUT2D eigenvalue weighted by atomic mass is 9.79. The zero-order valence-corrected chi connectivity index (χ0v) is 13.6.